The molecule has 0 bridgehead atoms. The molecular formula is C14H30N2O. The number of likely N-dealkylation sites (N-methyl/N-ethyl adjacent to an activating group) is 2. The SMILES string of the molecule is CCC(C)C(O)CN(C)CC1CCCN1CC. The lowest BCUT2D eigenvalue weighted by Crippen LogP contribution is -2.42. The van der Waals surface area contributed by atoms with Crippen molar-refractivity contribution in [2.24, 2.45) is 5.92 Å². The van der Waals surface area contributed by atoms with Crippen LogP contribution in [0.4, 0.5) is 0 Å². The minimum atomic E-state index is -0.179. The molecule has 1 fully saturated rings. The summed E-state index contributed by atoms with van der Waals surface area (Å²) in [5, 5.41) is 10.0. The number of nitrogens with zero attached hydrogens (tertiary/aromatic N) is 2. The van der Waals surface area contributed by atoms with Crippen LogP contribution < -0.4 is 0 Å². The molecule has 0 aliphatic carbocycles. The minimum Gasteiger partial charge on any atom is -0.392 e. The van der Waals surface area contributed by atoms with E-state index in [1.807, 2.05) is 0 Å². The molecule has 3 unspecified atom stereocenters. The van der Waals surface area contributed by atoms with E-state index in [4.69, 9.17) is 0 Å². The number of aliphatic hydroxyl groups is 1. The average Bonchev–Trinajstić information content (AvgIpc) is 2.74. The molecule has 0 aromatic heterocycles. The van der Waals surface area contributed by atoms with Crippen LogP contribution in [0.25, 0.3) is 0 Å². The number of rotatable bonds is 7. The highest BCUT2D eigenvalue weighted by molar-refractivity contribution is 4.81. The fourth-order valence-corrected chi connectivity index (χ4v) is 2.72. The lowest BCUT2D eigenvalue weighted by atomic mass is 10.0. The summed E-state index contributed by atoms with van der Waals surface area (Å²) in [7, 11) is 2.14. The standard InChI is InChI=1S/C14H30N2O/c1-5-12(3)14(17)11-15(4)10-13-8-7-9-16(13)6-2/h12-14,17H,5-11H2,1-4H3. The van der Waals surface area contributed by atoms with E-state index in [-0.39, 0.29) is 6.10 Å². The van der Waals surface area contributed by atoms with Crippen LogP contribution in [0.2, 0.25) is 0 Å². The zero-order valence-electron chi connectivity index (χ0n) is 12.0. The van der Waals surface area contributed by atoms with Gasteiger partial charge in [0.15, 0.2) is 0 Å². The molecule has 1 heterocycles. The first-order chi connectivity index (χ1) is 8.08. The van der Waals surface area contributed by atoms with Crippen molar-refractivity contribution in [2.45, 2.75) is 52.2 Å². The fraction of sp³-hybridized carbons (Fsp3) is 1.00. The van der Waals surface area contributed by atoms with Gasteiger partial charge in [-0.3, -0.25) is 4.90 Å². The monoisotopic (exact) mass is 242 g/mol. The van der Waals surface area contributed by atoms with Crippen molar-refractivity contribution in [3.63, 3.8) is 0 Å². The molecule has 0 radical (unpaired) electrons. The molecule has 1 N–H and O–H groups in total. The van der Waals surface area contributed by atoms with Crippen molar-refractivity contribution in [3.8, 4) is 0 Å². The Hall–Kier alpha value is -0.120. The molecule has 3 nitrogen and oxygen atoms in total. The number of aliphatic hydroxyl groups excluding tert-OH is 1. The zero-order chi connectivity index (χ0) is 12.8. The Morgan fingerprint density at radius 3 is 2.71 bits per heavy atom. The van der Waals surface area contributed by atoms with E-state index in [0.717, 1.165) is 26.1 Å². The van der Waals surface area contributed by atoms with Crippen LogP contribution in [0.1, 0.15) is 40.0 Å². The summed E-state index contributed by atoms with van der Waals surface area (Å²) in [5.74, 6) is 0.406. The highest BCUT2D eigenvalue weighted by Crippen LogP contribution is 2.18. The van der Waals surface area contributed by atoms with Gasteiger partial charge in [0, 0.05) is 19.1 Å². The van der Waals surface area contributed by atoms with Crippen LogP contribution in [0, 0.1) is 5.92 Å². The van der Waals surface area contributed by atoms with E-state index in [9.17, 15) is 5.11 Å². The Morgan fingerprint density at radius 1 is 1.41 bits per heavy atom. The van der Waals surface area contributed by atoms with E-state index in [2.05, 4.69) is 37.6 Å². The minimum absolute atomic E-state index is 0.179. The second kappa shape index (κ2) is 7.34. The van der Waals surface area contributed by atoms with Crippen molar-refractivity contribution in [1.82, 2.24) is 9.80 Å². The molecule has 1 rings (SSSR count). The summed E-state index contributed by atoms with van der Waals surface area (Å²) >= 11 is 0. The number of likely N-dealkylation sites (tertiary alicyclic amines) is 1. The van der Waals surface area contributed by atoms with Crippen molar-refractivity contribution in [3.05, 3.63) is 0 Å². The molecule has 3 atom stereocenters. The first-order valence-electron chi connectivity index (χ1n) is 7.19. The Labute approximate surface area is 107 Å². The Balaban J connectivity index is 2.31. The molecule has 0 amide bonds. The summed E-state index contributed by atoms with van der Waals surface area (Å²) in [6.45, 7) is 10.8. The van der Waals surface area contributed by atoms with Gasteiger partial charge in [-0.1, -0.05) is 27.2 Å². The number of hydrogen-bond donors (Lipinski definition) is 1. The first-order valence-corrected chi connectivity index (χ1v) is 7.19. The lowest BCUT2D eigenvalue weighted by Gasteiger charge is -2.30. The van der Waals surface area contributed by atoms with Crippen LogP contribution in [-0.2, 0) is 0 Å². The molecule has 3 heteroatoms. The molecule has 0 aromatic carbocycles. The predicted molar refractivity (Wildman–Crippen MR) is 73.2 cm³/mol. The lowest BCUT2D eigenvalue weighted by molar-refractivity contribution is 0.0687. The van der Waals surface area contributed by atoms with Gasteiger partial charge >= 0.3 is 0 Å². The summed E-state index contributed by atoms with van der Waals surface area (Å²) in [6.07, 6.45) is 3.53. The zero-order valence-corrected chi connectivity index (χ0v) is 12.0. The maximum atomic E-state index is 10.0. The van der Waals surface area contributed by atoms with E-state index in [1.165, 1.54) is 19.4 Å². The predicted octanol–water partition coefficient (Wildman–Crippen LogP) is 1.81. The van der Waals surface area contributed by atoms with Gasteiger partial charge in [-0.25, -0.2) is 0 Å². The van der Waals surface area contributed by atoms with Crippen molar-refractivity contribution < 1.29 is 5.11 Å². The Kier molecular flexibility index (Phi) is 6.45. The maximum Gasteiger partial charge on any atom is 0.0692 e. The topological polar surface area (TPSA) is 26.7 Å². The third-order valence-corrected chi connectivity index (χ3v) is 4.23. The largest absolute Gasteiger partial charge is 0.392 e. The smallest absolute Gasteiger partial charge is 0.0692 e. The van der Waals surface area contributed by atoms with Crippen LogP contribution in [0.5, 0.6) is 0 Å². The maximum absolute atomic E-state index is 10.0. The quantitative estimate of drug-likeness (QED) is 0.737. The molecular weight excluding hydrogens is 212 g/mol. The van der Waals surface area contributed by atoms with Gasteiger partial charge in [-0.05, 0) is 38.9 Å². The van der Waals surface area contributed by atoms with Gasteiger partial charge in [0.1, 0.15) is 0 Å². The molecule has 1 aliphatic heterocycles. The summed E-state index contributed by atoms with van der Waals surface area (Å²) < 4.78 is 0. The van der Waals surface area contributed by atoms with Gasteiger partial charge in [-0.15, -0.1) is 0 Å². The average molecular weight is 242 g/mol. The van der Waals surface area contributed by atoms with E-state index in [1.54, 1.807) is 0 Å². The van der Waals surface area contributed by atoms with Crippen LogP contribution >= 0.6 is 0 Å². The van der Waals surface area contributed by atoms with E-state index >= 15 is 0 Å². The highest BCUT2D eigenvalue weighted by Gasteiger charge is 2.25. The second-order valence-electron chi connectivity index (χ2n) is 5.60. The van der Waals surface area contributed by atoms with Gasteiger partial charge in [0.2, 0.25) is 0 Å². The normalized spacial score (nSPS) is 25.4. The molecule has 1 aliphatic rings. The summed E-state index contributed by atoms with van der Waals surface area (Å²) in [4.78, 5) is 4.86. The Bertz CT molecular complexity index is 210. The van der Waals surface area contributed by atoms with Gasteiger partial charge in [0.05, 0.1) is 6.10 Å². The molecule has 102 valence electrons. The molecule has 0 saturated carbocycles. The van der Waals surface area contributed by atoms with E-state index < -0.39 is 0 Å². The van der Waals surface area contributed by atoms with Gasteiger partial charge in [0.25, 0.3) is 0 Å². The summed E-state index contributed by atoms with van der Waals surface area (Å²) in [5.41, 5.74) is 0. The second-order valence-corrected chi connectivity index (χ2v) is 5.60. The Morgan fingerprint density at radius 2 is 2.12 bits per heavy atom. The van der Waals surface area contributed by atoms with Gasteiger partial charge in [-0.2, -0.15) is 0 Å². The van der Waals surface area contributed by atoms with Crippen molar-refractivity contribution in [1.29, 1.82) is 0 Å². The molecule has 0 aromatic rings. The van der Waals surface area contributed by atoms with Gasteiger partial charge < -0.3 is 10.0 Å². The molecule has 17 heavy (non-hydrogen) atoms. The van der Waals surface area contributed by atoms with Crippen LogP contribution in [0.15, 0.2) is 0 Å². The highest BCUT2D eigenvalue weighted by atomic mass is 16.3. The third-order valence-electron chi connectivity index (χ3n) is 4.23. The third kappa shape index (κ3) is 4.57. The molecule has 0 spiro atoms. The fourth-order valence-electron chi connectivity index (χ4n) is 2.72. The molecule has 1 saturated heterocycles. The van der Waals surface area contributed by atoms with Crippen molar-refractivity contribution >= 4 is 0 Å². The summed E-state index contributed by atoms with van der Waals surface area (Å²) in [6, 6.07) is 0.703. The number of hydrogen-bond acceptors (Lipinski definition) is 3. The van der Waals surface area contributed by atoms with Crippen LogP contribution in [0.3, 0.4) is 0 Å². The van der Waals surface area contributed by atoms with Crippen LogP contribution in [-0.4, -0.2) is 60.3 Å². The van der Waals surface area contributed by atoms with Crippen molar-refractivity contribution in [2.75, 3.05) is 33.2 Å². The first kappa shape index (κ1) is 14.9. The van der Waals surface area contributed by atoms with E-state index in [0.29, 0.717) is 12.0 Å².